The molecule has 0 bridgehead atoms. The molecule has 1 saturated heterocycles. The summed E-state index contributed by atoms with van der Waals surface area (Å²) in [4.78, 5) is 14.4. The summed E-state index contributed by atoms with van der Waals surface area (Å²) < 4.78 is 5.36. The molecule has 0 radical (unpaired) electrons. The second-order valence-electron chi connectivity index (χ2n) is 5.17. The van der Waals surface area contributed by atoms with Crippen LogP contribution in [0.25, 0.3) is 0 Å². The minimum atomic E-state index is -0.110. The highest BCUT2D eigenvalue weighted by atomic mass is 35.5. The third-order valence-electron chi connectivity index (χ3n) is 3.72. The smallest absolute Gasteiger partial charge is 0.241 e. The summed E-state index contributed by atoms with van der Waals surface area (Å²) >= 11 is 6.07. The molecule has 1 N–H and O–H groups in total. The van der Waals surface area contributed by atoms with Crippen molar-refractivity contribution in [3.05, 3.63) is 34.9 Å². The minimum absolute atomic E-state index is 0.0947. The molecule has 1 aromatic rings. The standard InChI is InChI=1S/C16H23ClN2O2/c1-3-14-16(20)19(9-6-10-21-4-2)15(18-14)12-7-5-8-13(17)11-12/h5,7-8,11,14-15,18H,3-4,6,9-10H2,1-2H3. The lowest BCUT2D eigenvalue weighted by molar-refractivity contribution is -0.130. The van der Waals surface area contributed by atoms with Crippen LogP contribution in [-0.2, 0) is 9.53 Å². The maximum absolute atomic E-state index is 12.5. The van der Waals surface area contributed by atoms with E-state index in [1.54, 1.807) is 0 Å². The van der Waals surface area contributed by atoms with Crippen LogP contribution < -0.4 is 5.32 Å². The van der Waals surface area contributed by atoms with Crippen LogP contribution in [0.5, 0.6) is 0 Å². The number of nitrogens with one attached hydrogen (secondary N) is 1. The monoisotopic (exact) mass is 310 g/mol. The summed E-state index contributed by atoms with van der Waals surface area (Å²) in [6, 6.07) is 7.57. The van der Waals surface area contributed by atoms with Crippen molar-refractivity contribution in [2.24, 2.45) is 0 Å². The molecular weight excluding hydrogens is 288 g/mol. The fourth-order valence-corrected chi connectivity index (χ4v) is 2.84. The fourth-order valence-electron chi connectivity index (χ4n) is 2.65. The molecule has 2 atom stereocenters. The quantitative estimate of drug-likeness (QED) is 0.787. The topological polar surface area (TPSA) is 41.6 Å². The van der Waals surface area contributed by atoms with Crippen molar-refractivity contribution in [1.29, 1.82) is 0 Å². The van der Waals surface area contributed by atoms with Crippen LogP contribution in [0, 0.1) is 0 Å². The minimum Gasteiger partial charge on any atom is -0.382 e. The largest absolute Gasteiger partial charge is 0.382 e. The average molecular weight is 311 g/mol. The molecule has 1 aliphatic rings. The highest BCUT2D eigenvalue weighted by molar-refractivity contribution is 6.30. The van der Waals surface area contributed by atoms with Gasteiger partial charge in [0.15, 0.2) is 0 Å². The number of hydrogen-bond acceptors (Lipinski definition) is 3. The van der Waals surface area contributed by atoms with Gasteiger partial charge in [-0.15, -0.1) is 0 Å². The predicted octanol–water partition coefficient (Wildman–Crippen LogP) is 2.98. The Hall–Kier alpha value is -1.10. The summed E-state index contributed by atoms with van der Waals surface area (Å²) in [6.45, 7) is 6.08. The summed E-state index contributed by atoms with van der Waals surface area (Å²) in [7, 11) is 0. The summed E-state index contributed by atoms with van der Waals surface area (Å²) in [6.07, 6.45) is 1.54. The lowest BCUT2D eigenvalue weighted by Gasteiger charge is -2.24. The van der Waals surface area contributed by atoms with Crippen molar-refractivity contribution in [2.75, 3.05) is 19.8 Å². The Kier molecular flexibility index (Phi) is 6.03. The zero-order valence-electron chi connectivity index (χ0n) is 12.6. The average Bonchev–Trinajstić information content (AvgIpc) is 2.80. The Morgan fingerprint density at radius 2 is 2.19 bits per heavy atom. The van der Waals surface area contributed by atoms with Gasteiger partial charge in [-0.05, 0) is 37.5 Å². The number of carbonyl (C=O) groups excluding carboxylic acids is 1. The Bertz CT molecular complexity index is 481. The van der Waals surface area contributed by atoms with Crippen molar-refractivity contribution >= 4 is 17.5 Å². The Morgan fingerprint density at radius 1 is 1.38 bits per heavy atom. The van der Waals surface area contributed by atoms with Gasteiger partial charge in [-0.25, -0.2) is 0 Å². The van der Waals surface area contributed by atoms with Crippen LogP contribution >= 0.6 is 11.6 Å². The summed E-state index contributed by atoms with van der Waals surface area (Å²) in [5, 5.41) is 4.09. The van der Waals surface area contributed by atoms with E-state index in [2.05, 4.69) is 5.32 Å². The number of ether oxygens (including phenoxy) is 1. The molecule has 2 unspecified atom stereocenters. The molecule has 1 fully saturated rings. The van der Waals surface area contributed by atoms with Crippen LogP contribution in [-0.4, -0.2) is 36.6 Å². The Balaban J connectivity index is 2.10. The van der Waals surface area contributed by atoms with Crippen LogP contribution in [0.1, 0.15) is 38.4 Å². The number of halogens is 1. The molecule has 1 amide bonds. The normalized spacial score (nSPS) is 22.0. The Morgan fingerprint density at radius 3 is 2.86 bits per heavy atom. The first kappa shape index (κ1) is 16.3. The van der Waals surface area contributed by atoms with Gasteiger partial charge in [0.2, 0.25) is 5.91 Å². The first-order chi connectivity index (χ1) is 10.2. The molecular formula is C16H23ClN2O2. The van der Waals surface area contributed by atoms with E-state index < -0.39 is 0 Å². The van der Waals surface area contributed by atoms with E-state index in [1.165, 1.54) is 0 Å². The molecule has 1 aromatic carbocycles. The van der Waals surface area contributed by atoms with Crippen LogP contribution in [0.15, 0.2) is 24.3 Å². The van der Waals surface area contributed by atoms with E-state index in [4.69, 9.17) is 16.3 Å². The molecule has 0 spiro atoms. The second-order valence-corrected chi connectivity index (χ2v) is 5.60. The number of hydrogen-bond donors (Lipinski definition) is 1. The van der Waals surface area contributed by atoms with Crippen LogP contribution in [0.4, 0.5) is 0 Å². The number of rotatable bonds is 7. The number of amides is 1. The Labute approximate surface area is 131 Å². The van der Waals surface area contributed by atoms with Crippen molar-refractivity contribution in [3.63, 3.8) is 0 Å². The van der Waals surface area contributed by atoms with Gasteiger partial charge < -0.3 is 9.64 Å². The fraction of sp³-hybridized carbons (Fsp3) is 0.562. The van der Waals surface area contributed by atoms with Gasteiger partial charge in [-0.2, -0.15) is 0 Å². The number of nitrogens with zero attached hydrogens (tertiary/aromatic N) is 1. The zero-order valence-corrected chi connectivity index (χ0v) is 13.4. The van der Waals surface area contributed by atoms with E-state index in [9.17, 15) is 4.79 Å². The molecule has 0 saturated carbocycles. The van der Waals surface area contributed by atoms with Gasteiger partial charge in [0.1, 0.15) is 6.17 Å². The maximum atomic E-state index is 12.5. The lowest BCUT2D eigenvalue weighted by Crippen LogP contribution is -2.32. The van der Waals surface area contributed by atoms with E-state index in [0.717, 1.165) is 18.4 Å². The SMILES string of the molecule is CCOCCCN1C(=O)C(CC)NC1c1cccc(Cl)c1. The van der Waals surface area contributed by atoms with E-state index >= 15 is 0 Å². The van der Waals surface area contributed by atoms with Crippen LogP contribution in [0.2, 0.25) is 5.02 Å². The van der Waals surface area contributed by atoms with E-state index in [-0.39, 0.29) is 18.1 Å². The molecule has 116 valence electrons. The summed E-state index contributed by atoms with van der Waals surface area (Å²) in [5.74, 6) is 0.166. The van der Waals surface area contributed by atoms with Crippen LogP contribution in [0.3, 0.4) is 0 Å². The third kappa shape index (κ3) is 3.96. The van der Waals surface area contributed by atoms with Gasteiger partial charge >= 0.3 is 0 Å². The van der Waals surface area contributed by atoms with Gasteiger partial charge in [-0.3, -0.25) is 10.1 Å². The third-order valence-corrected chi connectivity index (χ3v) is 3.95. The van der Waals surface area contributed by atoms with E-state index in [0.29, 0.717) is 24.8 Å². The second kappa shape index (κ2) is 7.78. The zero-order chi connectivity index (χ0) is 15.2. The molecule has 1 heterocycles. The van der Waals surface area contributed by atoms with Gasteiger partial charge in [0.25, 0.3) is 0 Å². The van der Waals surface area contributed by atoms with E-state index in [1.807, 2.05) is 43.0 Å². The van der Waals surface area contributed by atoms with Gasteiger partial charge in [0, 0.05) is 24.8 Å². The lowest BCUT2D eigenvalue weighted by atomic mass is 10.1. The van der Waals surface area contributed by atoms with Gasteiger partial charge in [-0.1, -0.05) is 30.7 Å². The predicted molar refractivity (Wildman–Crippen MR) is 84.2 cm³/mol. The first-order valence-electron chi connectivity index (χ1n) is 7.57. The van der Waals surface area contributed by atoms with Gasteiger partial charge in [0.05, 0.1) is 6.04 Å². The molecule has 0 aromatic heterocycles. The molecule has 0 aliphatic carbocycles. The van der Waals surface area contributed by atoms with Crippen molar-refractivity contribution in [1.82, 2.24) is 10.2 Å². The molecule has 5 heteroatoms. The molecule has 1 aliphatic heterocycles. The van der Waals surface area contributed by atoms with Crippen molar-refractivity contribution in [2.45, 2.75) is 38.9 Å². The number of carbonyl (C=O) groups is 1. The highest BCUT2D eigenvalue weighted by Crippen LogP contribution is 2.28. The van der Waals surface area contributed by atoms with Crippen molar-refractivity contribution < 1.29 is 9.53 Å². The number of benzene rings is 1. The molecule has 21 heavy (non-hydrogen) atoms. The molecule has 2 rings (SSSR count). The molecule has 4 nitrogen and oxygen atoms in total. The maximum Gasteiger partial charge on any atom is 0.241 e. The first-order valence-corrected chi connectivity index (χ1v) is 7.94. The highest BCUT2D eigenvalue weighted by Gasteiger charge is 2.38. The van der Waals surface area contributed by atoms with Crippen molar-refractivity contribution in [3.8, 4) is 0 Å². The summed E-state index contributed by atoms with van der Waals surface area (Å²) in [5.41, 5.74) is 1.03.